The number of rotatable bonds is 5. The fourth-order valence-corrected chi connectivity index (χ4v) is 1.43. The molecule has 0 amide bonds. The van der Waals surface area contributed by atoms with Crippen molar-refractivity contribution in [1.29, 1.82) is 0 Å². The van der Waals surface area contributed by atoms with Crippen LogP contribution in [0.3, 0.4) is 0 Å². The van der Waals surface area contributed by atoms with Crippen molar-refractivity contribution in [3.63, 3.8) is 0 Å². The fraction of sp³-hybridized carbons (Fsp3) is 0.545. The van der Waals surface area contributed by atoms with Crippen LogP contribution in [0.4, 0.5) is 0 Å². The Morgan fingerprint density at radius 3 is 2.79 bits per heavy atom. The minimum absolute atomic E-state index is 0.0387. The van der Waals surface area contributed by atoms with E-state index in [9.17, 15) is 4.79 Å². The van der Waals surface area contributed by atoms with Gasteiger partial charge in [0.15, 0.2) is 5.76 Å². The molecule has 3 nitrogen and oxygen atoms in total. The highest BCUT2D eigenvalue weighted by Gasteiger charge is 2.17. The Hall–Kier alpha value is -1.09. The topological polar surface area (TPSA) is 56.2 Å². The second-order valence-electron chi connectivity index (χ2n) is 3.52. The van der Waals surface area contributed by atoms with E-state index in [1.165, 1.54) is 0 Å². The smallest absolute Gasteiger partial charge is 0.200 e. The molecule has 14 heavy (non-hydrogen) atoms. The highest BCUT2D eigenvalue weighted by atomic mass is 16.3. The van der Waals surface area contributed by atoms with Gasteiger partial charge in [0.25, 0.3) is 0 Å². The van der Waals surface area contributed by atoms with Crippen LogP contribution in [0.1, 0.15) is 43.0 Å². The molecule has 78 valence electrons. The molecule has 0 radical (unpaired) electrons. The largest absolute Gasteiger partial charge is 0.457 e. The number of Topliss-reactive ketones (excluding diaryl/α,β-unsaturated/α-hetero) is 1. The van der Waals surface area contributed by atoms with E-state index in [-0.39, 0.29) is 11.7 Å². The number of carbonyl (C=O) groups excluding carboxylic acids is 1. The number of ketones is 1. The van der Waals surface area contributed by atoms with Gasteiger partial charge < -0.3 is 10.2 Å². The summed E-state index contributed by atoms with van der Waals surface area (Å²) in [5, 5.41) is 0. The Morgan fingerprint density at radius 1 is 1.57 bits per heavy atom. The first-order chi connectivity index (χ1) is 6.69. The van der Waals surface area contributed by atoms with Gasteiger partial charge in [-0.2, -0.15) is 0 Å². The molecule has 1 aromatic heterocycles. The predicted octanol–water partition coefficient (Wildman–Crippen LogP) is 2.36. The van der Waals surface area contributed by atoms with Crippen LogP contribution in [0.5, 0.6) is 0 Å². The minimum atomic E-state index is 0.0387. The van der Waals surface area contributed by atoms with Crippen molar-refractivity contribution in [3.05, 3.63) is 23.7 Å². The van der Waals surface area contributed by atoms with Gasteiger partial charge in [0.1, 0.15) is 5.76 Å². The first kappa shape index (κ1) is 11.0. The SMILES string of the molecule is CCCC(C)C(=O)c1ccc(CN)o1. The molecule has 0 aliphatic heterocycles. The lowest BCUT2D eigenvalue weighted by Crippen LogP contribution is -2.09. The zero-order chi connectivity index (χ0) is 10.6. The van der Waals surface area contributed by atoms with Gasteiger partial charge in [0.2, 0.25) is 5.78 Å². The van der Waals surface area contributed by atoms with Crippen molar-refractivity contribution in [1.82, 2.24) is 0 Å². The number of nitrogens with two attached hydrogens (primary N) is 1. The first-order valence-corrected chi connectivity index (χ1v) is 5.02. The van der Waals surface area contributed by atoms with Gasteiger partial charge in [0, 0.05) is 5.92 Å². The fourth-order valence-electron chi connectivity index (χ4n) is 1.43. The van der Waals surface area contributed by atoms with Crippen molar-refractivity contribution >= 4 is 5.78 Å². The second-order valence-corrected chi connectivity index (χ2v) is 3.52. The maximum Gasteiger partial charge on any atom is 0.200 e. The molecular weight excluding hydrogens is 178 g/mol. The average Bonchev–Trinajstić information content (AvgIpc) is 2.65. The Morgan fingerprint density at radius 2 is 2.29 bits per heavy atom. The molecule has 3 heteroatoms. The highest BCUT2D eigenvalue weighted by molar-refractivity contribution is 5.95. The zero-order valence-corrected chi connectivity index (χ0v) is 8.75. The summed E-state index contributed by atoms with van der Waals surface area (Å²) >= 11 is 0. The molecule has 0 bridgehead atoms. The summed E-state index contributed by atoms with van der Waals surface area (Å²) in [5.74, 6) is 1.21. The maximum absolute atomic E-state index is 11.7. The van der Waals surface area contributed by atoms with Gasteiger partial charge >= 0.3 is 0 Å². The van der Waals surface area contributed by atoms with Crippen molar-refractivity contribution in [2.45, 2.75) is 33.2 Å². The van der Waals surface area contributed by atoms with E-state index >= 15 is 0 Å². The quantitative estimate of drug-likeness (QED) is 0.734. The summed E-state index contributed by atoms with van der Waals surface area (Å²) in [4.78, 5) is 11.7. The van der Waals surface area contributed by atoms with Crippen LogP contribution >= 0.6 is 0 Å². The summed E-state index contributed by atoms with van der Waals surface area (Å²) in [7, 11) is 0. The van der Waals surface area contributed by atoms with Crippen LogP contribution < -0.4 is 5.73 Å². The van der Waals surface area contributed by atoms with Gasteiger partial charge in [-0.3, -0.25) is 4.79 Å². The normalized spacial score (nSPS) is 12.8. The van der Waals surface area contributed by atoms with Crippen molar-refractivity contribution in [2.24, 2.45) is 11.7 Å². The molecule has 0 aliphatic carbocycles. The molecular formula is C11H17NO2. The molecule has 0 saturated heterocycles. The zero-order valence-electron chi connectivity index (χ0n) is 8.75. The van der Waals surface area contributed by atoms with E-state index in [1.54, 1.807) is 12.1 Å². The maximum atomic E-state index is 11.7. The van der Waals surface area contributed by atoms with Crippen LogP contribution in [0.25, 0.3) is 0 Å². The van der Waals surface area contributed by atoms with Gasteiger partial charge in [0.05, 0.1) is 6.54 Å². The lowest BCUT2D eigenvalue weighted by atomic mass is 9.99. The van der Waals surface area contributed by atoms with Crippen molar-refractivity contribution in [3.8, 4) is 0 Å². The van der Waals surface area contributed by atoms with Gasteiger partial charge in [-0.1, -0.05) is 20.3 Å². The molecule has 1 rings (SSSR count). The molecule has 0 saturated carbocycles. The number of furan rings is 1. The molecule has 0 fully saturated rings. The summed E-state index contributed by atoms with van der Waals surface area (Å²) in [5.41, 5.74) is 5.39. The lowest BCUT2D eigenvalue weighted by Gasteiger charge is -2.05. The molecule has 1 aromatic rings. The van der Waals surface area contributed by atoms with Crippen LogP contribution in [0, 0.1) is 5.92 Å². The van der Waals surface area contributed by atoms with Crippen molar-refractivity contribution in [2.75, 3.05) is 0 Å². The number of hydrogen-bond donors (Lipinski definition) is 1. The molecule has 0 spiro atoms. The van der Waals surface area contributed by atoms with E-state index in [0.29, 0.717) is 18.1 Å². The average molecular weight is 195 g/mol. The molecule has 1 atom stereocenters. The third kappa shape index (κ3) is 2.45. The Bertz CT molecular complexity index is 304. The summed E-state index contributed by atoms with van der Waals surface area (Å²) in [6, 6.07) is 3.46. The first-order valence-electron chi connectivity index (χ1n) is 5.02. The molecule has 2 N–H and O–H groups in total. The van der Waals surface area contributed by atoms with Crippen LogP contribution in [-0.2, 0) is 6.54 Å². The Kier molecular flexibility index (Phi) is 3.89. The van der Waals surface area contributed by atoms with E-state index in [2.05, 4.69) is 6.92 Å². The van der Waals surface area contributed by atoms with Crippen LogP contribution in [-0.4, -0.2) is 5.78 Å². The lowest BCUT2D eigenvalue weighted by molar-refractivity contribution is 0.0893. The molecule has 0 aliphatic rings. The number of hydrogen-bond acceptors (Lipinski definition) is 3. The summed E-state index contributed by atoms with van der Waals surface area (Å²) in [6.45, 7) is 4.34. The van der Waals surface area contributed by atoms with Crippen molar-refractivity contribution < 1.29 is 9.21 Å². The molecule has 1 unspecified atom stereocenters. The monoisotopic (exact) mass is 195 g/mol. The van der Waals surface area contributed by atoms with Crippen LogP contribution in [0.15, 0.2) is 16.5 Å². The van der Waals surface area contributed by atoms with Gasteiger partial charge in [-0.15, -0.1) is 0 Å². The Labute approximate surface area is 84.3 Å². The third-order valence-corrected chi connectivity index (χ3v) is 2.27. The van der Waals surface area contributed by atoms with E-state index in [4.69, 9.17) is 10.2 Å². The van der Waals surface area contributed by atoms with E-state index < -0.39 is 0 Å². The minimum Gasteiger partial charge on any atom is -0.457 e. The standard InChI is InChI=1S/C11H17NO2/c1-3-4-8(2)11(13)10-6-5-9(7-12)14-10/h5-6,8H,3-4,7,12H2,1-2H3. The highest BCUT2D eigenvalue weighted by Crippen LogP contribution is 2.16. The molecule has 0 aromatic carbocycles. The summed E-state index contributed by atoms with van der Waals surface area (Å²) in [6.07, 6.45) is 1.91. The number of carbonyl (C=O) groups is 1. The predicted molar refractivity (Wildman–Crippen MR) is 55.0 cm³/mol. The Balaban J connectivity index is 2.68. The van der Waals surface area contributed by atoms with Gasteiger partial charge in [-0.25, -0.2) is 0 Å². The van der Waals surface area contributed by atoms with E-state index in [0.717, 1.165) is 12.8 Å². The second kappa shape index (κ2) is 4.96. The van der Waals surface area contributed by atoms with Crippen LogP contribution in [0.2, 0.25) is 0 Å². The molecule has 1 heterocycles. The third-order valence-electron chi connectivity index (χ3n) is 2.27. The van der Waals surface area contributed by atoms with Gasteiger partial charge in [-0.05, 0) is 18.6 Å². The summed E-state index contributed by atoms with van der Waals surface area (Å²) < 4.78 is 5.29. The van der Waals surface area contributed by atoms with E-state index in [1.807, 2.05) is 6.92 Å².